The van der Waals surface area contributed by atoms with Crippen LogP contribution in [0.15, 0.2) is 51.7 Å². The van der Waals surface area contributed by atoms with Gasteiger partial charge in [-0.1, -0.05) is 30.3 Å². The summed E-state index contributed by atoms with van der Waals surface area (Å²) in [4.78, 5) is 24.5. The SMILES string of the molecule is Cc1c(OCC(=O)NC[C@H](O)c2ccccc2)ccc2c3c(c(=O)oc12)CCCC3. The highest BCUT2D eigenvalue weighted by Gasteiger charge is 2.20. The molecule has 6 nitrogen and oxygen atoms in total. The molecule has 6 heteroatoms. The number of amides is 1. The number of rotatable bonds is 6. The summed E-state index contributed by atoms with van der Waals surface area (Å²) in [6, 6.07) is 12.9. The third kappa shape index (κ3) is 4.09. The van der Waals surface area contributed by atoms with Crippen LogP contribution >= 0.6 is 0 Å². The van der Waals surface area contributed by atoms with Gasteiger partial charge in [0.1, 0.15) is 11.3 Å². The lowest BCUT2D eigenvalue weighted by Gasteiger charge is -2.18. The fourth-order valence-corrected chi connectivity index (χ4v) is 3.98. The van der Waals surface area contributed by atoms with Crippen molar-refractivity contribution in [2.75, 3.05) is 13.2 Å². The number of fused-ring (bicyclic) bond motifs is 3. The van der Waals surface area contributed by atoms with Crippen LogP contribution in [0.25, 0.3) is 11.0 Å². The van der Waals surface area contributed by atoms with Crippen LogP contribution in [0.3, 0.4) is 0 Å². The lowest BCUT2D eigenvalue weighted by molar-refractivity contribution is -0.123. The van der Waals surface area contributed by atoms with Crippen LogP contribution in [-0.4, -0.2) is 24.2 Å². The van der Waals surface area contributed by atoms with Crippen molar-refractivity contribution in [3.8, 4) is 5.75 Å². The Morgan fingerprint density at radius 3 is 2.63 bits per heavy atom. The molecule has 1 atom stereocenters. The molecule has 3 aromatic rings. The Balaban J connectivity index is 1.43. The van der Waals surface area contributed by atoms with E-state index in [1.165, 1.54) is 0 Å². The van der Waals surface area contributed by atoms with E-state index in [0.29, 0.717) is 16.9 Å². The Morgan fingerprint density at radius 1 is 1.13 bits per heavy atom. The Kier molecular flexibility index (Phi) is 5.86. The highest BCUT2D eigenvalue weighted by molar-refractivity contribution is 5.86. The molecule has 2 N–H and O–H groups in total. The lowest BCUT2D eigenvalue weighted by atomic mass is 9.90. The van der Waals surface area contributed by atoms with Crippen LogP contribution in [-0.2, 0) is 17.6 Å². The molecular weight excluding hydrogens is 382 g/mol. The van der Waals surface area contributed by atoms with E-state index in [0.717, 1.165) is 47.8 Å². The first-order valence-corrected chi connectivity index (χ1v) is 10.2. The number of aliphatic hydroxyl groups is 1. The quantitative estimate of drug-likeness (QED) is 0.613. The number of carbonyl (C=O) groups is 1. The van der Waals surface area contributed by atoms with Gasteiger partial charge in [-0.25, -0.2) is 4.79 Å². The number of aliphatic hydroxyl groups excluding tert-OH is 1. The molecule has 0 fully saturated rings. The van der Waals surface area contributed by atoms with Gasteiger partial charge in [0, 0.05) is 23.1 Å². The minimum atomic E-state index is -0.780. The molecule has 0 radical (unpaired) electrons. The summed E-state index contributed by atoms with van der Waals surface area (Å²) in [6.45, 7) is 1.74. The van der Waals surface area contributed by atoms with Gasteiger partial charge < -0.3 is 19.6 Å². The number of nitrogens with one attached hydrogen (secondary N) is 1. The molecule has 1 aliphatic rings. The van der Waals surface area contributed by atoms with Crippen molar-refractivity contribution in [3.05, 3.63) is 75.1 Å². The van der Waals surface area contributed by atoms with Gasteiger partial charge in [0.05, 0.1) is 6.10 Å². The van der Waals surface area contributed by atoms with Gasteiger partial charge in [0.25, 0.3) is 5.91 Å². The zero-order chi connectivity index (χ0) is 21.1. The monoisotopic (exact) mass is 407 g/mol. The molecule has 0 saturated heterocycles. The molecule has 0 saturated carbocycles. The molecule has 30 heavy (non-hydrogen) atoms. The summed E-state index contributed by atoms with van der Waals surface area (Å²) in [5.74, 6) is 0.163. The zero-order valence-electron chi connectivity index (χ0n) is 16.9. The topological polar surface area (TPSA) is 88.8 Å². The molecular formula is C24H25NO5. The molecule has 4 rings (SSSR count). The van der Waals surface area contributed by atoms with E-state index in [1.807, 2.05) is 37.3 Å². The standard InChI is InChI=1S/C24H25NO5/c1-15-21(29-14-22(27)25-13-20(26)16-7-3-2-4-8-16)12-11-18-17-9-5-6-10-19(17)24(28)30-23(15)18/h2-4,7-8,11-12,20,26H,5-6,9-10,13-14H2,1H3,(H,25,27)/t20-/m0/s1. The van der Waals surface area contributed by atoms with Crippen LogP contribution in [0.2, 0.25) is 0 Å². The maximum atomic E-state index is 12.4. The summed E-state index contributed by atoms with van der Waals surface area (Å²) < 4.78 is 11.3. The summed E-state index contributed by atoms with van der Waals surface area (Å²) in [7, 11) is 0. The van der Waals surface area contributed by atoms with Crippen molar-refractivity contribution < 1.29 is 19.1 Å². The average Bonchev–Trinajstić information content (AvgIpc) is 2.78. The fraction of sp³-hybridized carbons (Fsp3) is 0.333. The summed E-state index contributed by atoms with van der Waals surface area (Å²) in [5.41, 5.74) is 3.56. The van der Waals surface area contributed by atoms with Crippen LogP contribution in [0.5, 0.6) is 5.75 Å². The van der Waals surface area contributed by atoms with E-state index >= 15 is 0 Å². The average molecular weight is 407 g/mol. The van der Waals surface area contributed by atoms with Crippen molar-refractivity contribution in [1.29, 1.82) is 0 Å². The highest BCUT2D eigenvalue weighted by atomic mass is 16.5. The Labute approximate surface area is 174 Å². The zero-order valence-corrected chi connectivity index (χ0v) is 16.9. The first-order valence-electron chi connectivity index (χ1n) is 10.2. The van der Waals surface area contributed by atoms with E-state index in [9.17, 15) is 14.7 Å². The smallest absolute Gasteiger partial charge is 0.339 e. The van der Waals surface area contributed by atoms with Crippen molar-refractivity contribution in [1.82, 2.24) is 5.32 Å². The first kappa shape index (κ1) is 20.2. The normalized spacial score (nSPS) is 14.2. The number of hydrogen-bond donors (Lipinski definition) is 2. The molecule has 2 aromatic carbocycles. The number of ether oxygens (including phenoxy) is 1. The summed E-state index contributed by atoms with van der Waals surface area (Å²) in [6.07, 6.45) is 2.94. The minimum Gasteiger partial charge on any atom is -0.483 e. The molecule has 1 aliphatic carbocycles. The van der Waals surface area contributed by atoms with Crippen molar-refractivity contribution in [3.63, 3.8) is 0 Å². The number of hydrogen-bond acceptors (Lipinski definition) is 5. The molecule has 156 valence electrons. The summed E-state index contributed by atoms with van der Waals surface area (Å²) >= 11 is 0. The van der Waals surface area contributed by atoms with Gasteiger partial charge in [-0.15, -0.1) is 0 Å². The van der Waals surface area contributed by atoms with Crippen LogP contribution in [0.1, 0.15) is 41.2 Å². The second-order valence-corrected chi connectivity index (χ2v) is 7.64. The van der Waals surface area contributed by atoms with Gasteiger partial charge in [-0.3, -0.25) is 4.79 Å². The van der Waals surface area contributed by atoms with Crippen LogP contribution in [0.4, 0.5) is 0 Å². The van der Waals surface area contributed by atoms with Gasteiger partial charge >= 0.3 is 5.63 Å². The molecule has 0 spiro atoms. The maximum absolute atomic E-state index is 12.4. The molecule has 1 amide bonds. The largest absolute Gasteiger partial charge is 0.483 e. The first-order chi connectivity index (χ1) is 14.5. The summed E-state index contributed by atoms with van der Waals surface area (Å²) in [5, 5.41) is 13.8. The number of carbonyl (C=O) groups excluding carboxylic acids is 1. The van der Waals surface area contributed by atoms with Crippen molar-refractivity contribution in [2.45, 2.75) is 38.7 Å². The van der Waals surface area contributed by atoms with Crippen molar-refractivity contribution in [2.24, 2.45) is 0 Å². The second-order valence-electron chi connectivity index (χ2n) is 7.64. The van der Waals surface area contributed by atoms with Crippen LogP contribution < -0.4 is 15.7 Å². The maximum Gasteiger partial charge on any atom is 0.339 e. The minimum absolute atomic E-state index is 0.101. The van der Waals surface area contributed by atoms with E-state index in [4.69, 9.17) is 9.15 Å². The Morgan fingerprint density at radius 2 is 1.87 bits per heavy atom. The fourth-order valence-electron chi connectivity index (χ4n) is 3.98. The van der Waals surface area contributed by atoms with Crippen molar-refractivity contribution >= 4 is 16.9 Å². The van der Waals surface area contributed by atoms with Gasteiger partial charge in [-0.05, 0) is 55.9 Å². The van der Waals surface area contributed by atoms with E-state index in [2.05, 4.69) is 5.32 Å². The third-order valence-corrected chi connectivity index (χ3v) is 5.63. The predicted molar refractivity (Wildman–Crippen MR) is 114 cm³/mol. The molecule has 0 unspecified atom stereocenters. The van der Waals surface area contributed by atoms with Gasteiger partial charge in [-0.2, -0.15) is 0 Å². The predicted octanol–water partition coefficient (Wildman–Crippen LogP) is 3.21. The molecule has 0 bridgehead atoms. The van der Waals surface area contributed by atoms with E-state index < -0.39 is 6.10 Å². The van der Waals surface area contributed by atoms with Gasteiger partial charge in [0.15, 0.2) is 6.61 Å². The highest BCUT2D eigenvalue weighted by Crippen LogP contribution is 2.32. The third-order valence-electron chi connectivity index (χ3n) is 5.63. The molecule has 1 heterocycles. The second kappa shape index (κ2) is 8.71. The Bertz CT molecular complexity index is 1120. The van der Waals surface area contributed by atoms with Crippen LogP contribution in [0, 0.1) is 6.92 Å². The van der Waals surface area contributed by atoms with Gasteiger partial charge in [0.2, 0.25) is 0 Å². The molecule has 1 aromatic heterocycles. The molecule has 0 aliphatic heterocycles. The Hall–Kier alpha value is -3.12. The lowest BCUT2D eigenvalue weighted by Crippen LogP contribution is -2.32. The van der Waals surface area contributed by atoms with E-state index in [1.54, 1.807) is 12.1 Å². The number of benzene rings is 2. The van der Waals surface area contributed by atoms with E-state index in [-0.39, 0.29) is 24.7 Å². The number of aryl methyl sites for hydroxylation is 2.